The van der Waals surface area contributed by atoms with E-state index in [1.165, 1.54) is 0 Å². The fourth-order valence-corrected chi connectivity index (χ4v) is 4.83. The predicted molar refractivity (Wildman–Crippen MR) is 92.8 cm³/mol. The van der Waals surface area contributed by atoms with Crippen molar-refractivity contribution in [3.8, 4) is 0 Å². The van der Waals surface area contributed by atoms with Gasteiger partial charge in [-0.2, -0.15) is 17.2 Å². The highest BCUT2D eigenvalue weighted by Gasteiger charge is 2.55. The smallest absolute Gasteiger partial charge is 0.402 e. The number of fused-ring (bicyclic) bond motifs is 2. The molecule has 0 spiro atoms. The Morgan fingerprint density at radius 2 is 1.68 bits per heavy atom. The van der Waals surface area contributed by atoms with Crippen LogP contribution in [0.15, 0.2) is 12.2 Å². The number of rotatable bonds is 7. The Morgan fingerprint density at radius 3 is 2.18 bits per heavy atom. The van der Waals surface area contributed by atoms with E-state index in [0.29, 0.717) is 12.8 Å². The molecule has 1 N–H and O–H groups in total. The molecule has 10 heteroatoms. The largest absolute Gasteiger partial charge is 0.459 e. The second kappa shape index (κ2) is 7.37. The average molecular weight is 422 g/mol. The maximum absolute atomic E-state index is 13.4. The first kappa shape index (κ1) is 21.2. The lowest BCUT2D eigenvalue weighted by atomic mass is 9.82. The number of ether oxygens (including phenoxy) is 2. The van der Waals surface area contributed by atoms with Crippen LogP contribution < -0.4 is 0 Å². The van der Waals surface area contributed by atoms with Crippen LogP contribution in [0.4, 0.5) is 8.78 Å². The fraction of sp³-hybridized carbons (Fsp3) is 0.778. The number of esters is 2. The van der Waals surface area contributed by atoms with Gasteiger partial charge < -0.3 is 9.47 Å². The second-order valence-corrected chi connectivity index (χ2v) is 9.43. The average Bonchev–Trinajstić information content (AvgIpc) is 3.34. The molecule has 4 unspecified atom stereocenters. The summed E-state index contributed by atoms with van der Waals surface area (Å²) < 4.78 is 66.9. The summed E-state index contributed by atoms with van der Waals surface area (Å²) in [5.74, 6) is -4.06. The highest BCUT2D eigenvalue weighted by Crippen LogP contribution is 2.50. The summed E-state index contributed by atoms with van der Waals surface area (Å²) >= 11 is 0. The quantitative estimate of drug-likeness (QED) is 0.382. The lowest BCUT2D eigenvalue weighted by molar-refractivity contribution is -0.174. The van der Waals surface area contributed by atoms with Gasteiger partial charge >= 0.3 is 27.3 Å². The Hall–Kier alpha value is -1.55. The molecule has 158 valence electrons. The summed E-state index contributed by atoms with van der Waals surface area (Å²) in [4.78, 5) is 25.3. The number of hydrogen-bond acceptors (Lipinski definition) is 6. The second-order valence-electron chi connectivity index (χ2n) is 7.88. The van der Waals surface area contributed by atoms with E-state index in [9.17, 15) is 26.8 Å². The molecule has 3 aliphatic carbocycles. The number of carbonyl (C=O) groups is 2. The van der Waals surface area contributed by atoms with Crippen molar-refractivity contribution in [2.24, 2.45) is 23.7 Å². The fourth-order valence-electron chi connectivity index (χ4n) is 4.62. The van der Waals surface area contributed by atoms with Crippen LogP contribution in [-0.2, 0) is 29.2 Å². The van der Waals surface area contributed by atoms with E-state index in [1.54, 1.807) is 6.08 Å². The maximum atomic E-state index is 13.4. The van der Waals surface area contributed by atoms with Gasteiger partial charge in [-0.1, -0.05) is 19.1 Å². The molecule has 2 bridgehead atoms. The van der Waals surface area contributed by atoms with Gasteiger partial charge in [0.1, 0.15) is 5.60 Å². The van der Waals surface area contributed by atoms with Crippen molar-refractivity contribution in [3.63, 3.8) is 0 Å². The van der Waals surface area contributed by atoms with Gasteiger partial charge in [0, 0.05) is 0 Å². The third-order valence-electron chi connectivity index (χ3n) is 6.24. The Kier molecular flexibility index (Phi) is 5.57. The van der Waals surface area contributed by atoms with E-state index < -0.39 is 51.4 Å². The summed E-state index contributed by atoms with van der Waals surface area (Å²) in [5, 5.41) is -4.61. The number of carbonyl (C=O) groups excluding carboxylic acids is 2. The monoisotopic (exact) mass is 422 g/mol. The van der Waals surface area contributed by atoms with Gasteiger partial charge in [0.2, 0.25) is 0 Å². The summed E-state index contributed by atoms with van der Waals surface area (Å²) in [6, 6.07) is 0. The van der Waals surface area contributed by atoms with E-state index in [0.717, 1.165) is 25.7 Å². The minimum atomic E-state index is -5.71. The standard InChI is InChI=1S/C18H24F2O7S/c1-2-17(7-3-4-8-17)27-16(22)14-12-6-5-11(9-12)13(14)15(21)26-10-18(19,20)28(23,24)25/h5-6,11-14H,2-4,7-10H2,1H3,(H,23,24,25). The third kappa shape index (κ3) is 3.80. The van der Waals surface area contributed by atoms with E-state index in [4.69, 9.17) is 9.29 Å². The molecular formula is C18H24F2O7S. The van der Waals surface area contributed by atoms with Crippen molar-refractivity contribution in [2.45, 2.75) is 56.3 Å². The van der Waals surface area contributed by atoms with Gasteiger partial charge in [0.25, 0.3) is 0 Å². The van der Waals surface area contributed by atoms with Crippen LogP contribution in [0, 0.1) is 23.7 Å². The number of allylic oxidation sites excluding steroid dienone is 2. The van der Waals surface area contributed by atoms with Crippen LogP contribution in [0.2, 0.25) is 0 Å². The van der Waals surface area contributed by atoms with Gasteiger partial charge in [-0.15, -0.1) is 0 Å². The zero-order chi connectivity index (χ0) is 20.7. The maximum Gasteiger partial charge on any atom is 0.402 e. The first-order valence-electron chi connectivity index (χ1n) is 9.42. The molecule has 7 nitrogen and oxygen atoms in total. The summed E-state index contributed by atoms with van der Waals surface area (Å²) in [6.07, 6.45) is 8.14. The minimum Gasteiger partial charge on any atom is -0.459 e. The van der Waals surface area contributed by atoms with Crippen LogP contribution in [0.1, 0.15) is 45.4 Å². The van der Waals surface area contributed by atoms with E-state index in [1.807, 2.05) is 13.0 Å². The van der Waals surface area contributed by atoms with Crippen molar-refractivity contribution in [3.05, 3.63) is 12.2 Å². The molecule has 0 aromatic rings. The minimum absolute atomic E-state index is 0.243. The molecule has 4 atom stereocenters. The summed E-state index contributed by atoms with van der Waals surface area (Å²) in [6.45, 7) is 0.130. The van der Waals surface area contributed by atoms with Crippen LogP contribution >= 0.6 is 0 Å². The van der Waals surface area contributed by atoms with Gasteiger partial charge in [-0.3, -0.25) is 14.1 Å². The van der Waals surface area contributed by atoms with Crippen molar-refractivity contribution < 1.29 is 40.8 Å². The topological polar surface area (TPSA) is 107 Å². The molecule has 0 aromatic heterocycles. The van der Waals surface area contributed by atoms with E-state index >= 15 is 0 Å². The van der Waals surface area contributed by atoms with Crippen molar-refractivity contribution in [1.82, 2.24) is 0 Å². The normalized spacial score (nSPS) is 31.1. The molecule has 3 rings (SSSR count). The SMILES string of the molecule is CCC1(OC(=O)C2C3C=CC(C3)C2C(=O)OCC(F)(F)S(=O)(=O)O)CCCC1. The van der Waals surface area contributed by atoms with Crippen LogP contribution in [0.25, 0.3) is 0 Å². The van der Waals surface area contributed by atoms with Crippen LogP contribution in [-0.4, -0.2) is 42.4 Å². The summed E-state index contributed by atoms with van der Waals surface area (Å²) in [7, 11) is -5.71. The molecule has 0 heterocycles. The molecule has 0 saturated heterocycles. The number of hydrogen-bond donors (Lipinski definition) is 1. The number of alkyl halides is 2. The zero-order valence-electron chi connectivity index (χ0n) is 15.5. The van der Waals surface area contributed by atoms with Crippen molar-refractivity contribution in [2.75, 3.05) is 6.61 Å². The van der Waals surface area contributed by atoms with Gasteiger partial charge in [0.15, 0.2) is 6.61 Å². The van der Waals surface area contributed by atoms with Crippen LogP contribution in [0.3, 0.4) is 0 Å². The highest BCUT2D eigenvalue weighted by molar-refractivity contribution is 7.86. The molecule has 0 aliphatic heterocycles. The number of halogens is 2. The Morgan fingerprint density at radius 1 is 1.14 bits per heavy atom. The molecule has 3 aliphatic rings. The first-order valence-corrected chi connectivity index (χ1v) is 10.9. The Labute approximate surface area is 162 Å². The lowest BCUT2D eigenvalue weighted by Crippen LogP contribution is -2.42. The molecule has 2 fully saturated rings. The summed E-state index contributed by atoms with van der Waals surface area (Å²) in [5.41, 5.74) is -0.547. The highest BCUT2D eigenvalue weighted by atomic mass is 32.2. The molecule has 0 amide bonds. The molecular weight excluding hydrogens is 398 g/mol. The van der Waals surface area contributed by atoms with Crippen molar-refractivity contribution in [1.29, 1.82) is 0 Å². The van der Waals surface area contributed by atoms with E-state index in [-0.39, 0.29) is 11.8 Å². The van der Waals surface area contributed by atoms with Gasteiger partial charge in [0.05, 0.1) is 11.8 Å². The van der Waals surface area contributed by atoms with Crippen LogP contribution in [0.5, 0.6) is 0 Å². The van der Waals surface area contributed by atoms with Gasteiger partial charge in [-0.25, -0.2) is 0 Å². The van der Waals surface area contributed by atoms with Gasteiger partial charge in [-0.05, 0) is 50.4 Å². The molecule has 0 radical (unpaired) electrons. The predicted octanol–water partition coefficient (Wildman–Crippen LogP) is 2.71. The van der Waals surface area contributed by atoms with E-state index in [2.05, 4.69) is 4.74 Å². The van der Waals surface area contributed by atoms with Crippen molar-refractivity contribution >= 4 is 22.1 Å². The zero-order valence-corrected chi connectivity index (χ0v) is 16.3. The Balaban J connectivity index is 1.72. The molecule has 28 heavy (non-hydrogen) atoms. The lowest BCUT2D eigenvalue weighted by Gasteiger charge is -2.32. The Bertz CT molecular complexity index is 771. The molecule has 2 saturated carbocycles. The first-order chi connectivity index (χ1) is 13.0. The third-order valence-corrected chi connectivity index (χ3v) is 7.11. The molecule has 0 aromatic carbocycles.